The monoisotopic (exact) mass is 347 g/mol. The first-order valence-corrected chi connectivity index (χ1v) is 7.18. The van der Waals surface area contributed by atoms with Gasteiger partial charge in [-0.05, 0) is 12.1 Å². The number of thiophene rings is 1. The van der Waals surface area contributed by atoms with E-state index in [2.05, 4.69) is 10.2 Å². The summed E-state index contributed by atoms with van der Waals surface area (Å²) in [4.78, 5) is -0.416. The number of nitrogens with zero attached hydrogens (tertiary/aromatic N) is 4. The van der Waals surface area contributed by atoms with Crippen molar-refractivity contribution in [2.24, 2.45) is 7.05 Å². The molecule has 0 saturated carbocycles. The summed E-state index contributed by atoms with van der Waals surface area (Å²) >= 11 is 6.61. The van der Waals surface area contributed by atoms with Crippen LogP contribution >= 0.6 is 22.9 Å². The second-order valence-electron chi connectivity index (χ2n) is 4.47. The van der Waals surface area contributed by atoms with Crippen LogP contribution < -0.4 is 5.73 Å². The Balaban J connectivity index is 2.09. The highest BCUT2D eigenvalue weighted by Gasteiger charge is 2.33. The maximum Gasteiger partial charge on any atom is 0.425 e. The van der Waals surface area contributed by atoms with Crippen molar-refractivity contribution in [2.45, 2.75) is 6.18 Å². The maximum atomic E-state index is 12.7. The lowest BCUT2D eigenvalue weighted by atomic mass is 10.2. The molecule has 116 valence electrons. The van der Waals surface area contributed by atoms with Crippen molar-refractivity contribution in [1.29, 1.82) is 0 Å². The molecular formula is C12H9ClF3N5S. The van der Waals surface area contributed by atoms with E-state index in [9.17, 15) is 13.2 Å². The molecule has 0 radical (unpaired) electrons. The first-order valence-electron chi connectivity index (χ1n) is 5.99. The molecule has 0 bridgehead atoms. The van der Waals surface area contributed by atoms with Gasteiger partial charge in [-0.1, -0.05) is 11.6 Å². The van der Waals surface area contributed by atoms with Crippen molar-refractivity contribution in [3.8, 4) is 16.3 Å². The molecule has 22 heavy (non-hydrogen) atoms. The Morgan fingerprint density at radius 3 is 2.50 bits per heavy atom. The fourth-order valence-electron chi connectivity index (χ4n) is 1.95. The van der Waals surface area contributed by atoms with Gasteiger partial charge in [0.1, 0.15) is 10.7 Å². The molecule has 0 aliphatic carbocycles. The van der Waals surface area contributed by atoms with E-state index in [4.69, 9.17) is 17.3 Å². The highest BCUT2D eigenvalue weighted by molar-refractivity contribution is 7.15. The Labute approximate surface area is 131 Å². The van der Waals surface area contributed by atoms with Crippen LogP contribution in [0.4, 0.5) is 19.0 Å². The molecule has 0 unspecified atom stereocenters. The summed E-state index contributed by atoms with van der Waals surface area (Å²) in [5, 5.41) is 8.21. The molecule has 3 rings (SSSR count). The molecule has 3 aromatic rings. The molecule has 0 aliphatic rings. The normalized spacial score (nSPS) is 12.0. The number of hydrogen-bond acceptors (Lipinski definition) is 4. The van der Waals surface area contributed by atoms with Gasteiger partial charge in [-0.2, -0.15) is 28.1 Å². The number of aromatic nitrogens is 4. The molecule has 0 amide bonds. The van der Waals surface area contributed by atoms with Crippen LogP contribution in [-0.2, 0) is 13.2 Å². The van der Waals surface area contributed by atoms with E-state index in [-0.39, 0.29) is 16.5 Å². The lowest BCUT2D eigenvalue weighted by Gasteiger charge is -2.02. The van der Waals surface area contributed by atoms with E-state index in [1.807, 2.05) is 0 Å². The number of hydrogen-bond donors (Lipinski definition) is 1. The van der Waals surface area contributed by atoms with Crippen molar-refractivity contribution >= 4 is 28.8 Å². The van der Waals surface area contributed by atoms with Gasteiger partial charge in [0, 0.05) is 24.2 Å². The number of alkyl halides is 3. The van der Waals surface area contributed by atoms with Gasteiger partial charge >= 0.3 is 6.18 Å². The fourth-order valence-corrected chi connectivity index (χ4v) is 3.20. The molecule has 0 saturated heterocycles. The zero-order valence-corrected chi connectivity index (χ0v) is 12.7. The van der Waals surface area contributed by atoms with Crippen LogP contribution in [0.15, 0.2) is 24.4 Å². The Bertz CT molecular complexity index is 832. The van der Waals surface area contributed by atoms with Gasteiger partial charge in [0.2, 0.25) is 0 Å². The smallest absolute Gasteiger partial charge is 0.383 e. The molecule has 2 N–H and O–H groups in total. The lowest BCUT2D eigenvalue weighted by molar-refractivity contribution is -0.134. The largest absolute Gasteiger partial charge is 0.425 e. The van der Waals surface area contributed by atoms with Crippen molar-refractivity contribution < 1.29 is 13.2 Å². The van der Waals surface area contributed by atoms with E-state index >= 15 is 0 Å². The molecule has 3 aromatic heterocycles. The minimum atomic E-state index is -4.40. The number of aryl methyl sites for hydroxylation is 1. The third kappa shape index (κ3) is 2.46. The predicted molar refractivity (Wildman–Crippen MR) is 78.1 cm³/mol. The van der Waals surface area contributed by atoms with Crippen LogP contribution in [0.2, 0.25) is 5.15 Å². The quantitative estimate of drug-likeness (QED) is 0.770. The summed E-state index contributed by atoms with van der Waals surface area (Å²) in [7, 11) is 1.72. The van der Waals surface area contributed by atoms with Crippen molar-refractivity contribution in [2.75, 3.05) is 5.73 Å². The van der Waals surface area contributed by atoms with Crippen LogP contribution in [0.3, 0.4) is 0 Å². The van der Waals surface area contributed by atoms with Crippen molar-refractivity contribution in [1.82, 2.24) is 19.6 Å². The Morgan fingerprint density at radius 1 is 1.23 bits per heavy atom. The minimum absolute atomic E-state index is 0.0266. The Morgan fingerprint density at radius 2 is 1.95 bits per heavy atom. The van der Waals surface area contributed by atoms with Gasteiger partial charge < -0.3 is 5.73 Å². The summed E-state index contributed by atoms with van der Waals surface area (Å²) in [6.07, 6.45) is -2.71. The molecule has 0 fully saturated rings. The van der Waals surface area contributed by atoms with Crippen molar-refractivity contribution in [3.63, 3.8) is 0 Å². The summed E-state index contributed by atoms with van der Waals surface area (Å²) in [5.74, 6) is 0.569. The van der Waals surface area contributed by atoms with Gasteiger partial charge in [0.15, 0.2) is 11.0 Å². The number of halogens is 4. The van der Waals surface area contributed by atoms with E-state index in [0.717, 1.165) is 6.07 Å². The van der Waals surface area contributed by atoms with Gasteiger partial charge in [0.05, 0.1) is 5.56 Å². The molecule has 10 heteroatoms. The minimum Gasteiger partial charge on any atom is -0.383 e. The van der Waals surface area contributed by atoms with Gasteiger partial charge in [-0.25, -0.2) is 0 Å². The van der Waals surface area contributed by atoms with E-state index in [1.54, 1.807) is 24.0 Å². The summed E-state index contributed by atoms with van der Waals surface area (Å²) in [6, 6.07) is 3.99. The van der Waals surface area contributed by atoms with Crippen LogP contribution in [-0.4, -0.2) is 19.6 Å². The third-order valence-corrected chi connectivity index (χ3v) is 4.34. The fraction of sp³-hybridized carbons (Fsp3) is 0.167. The lowest BCUT2D eigenvalue weighted by Crippen LogP contribution is -2.03. The summed E-state index contributed by atoms with van der Waals surface area (Å²) in [6.45, 7) is 0. The molecule has 0 aliphatic heterocycles. The van der Waals surface area contributed by atoms with E-state index in [1.165, 1.54) is 10.7 Å². The average Bonchev–Trinajstić information content (AvgIpc) is 3.09. The maximum absolute atomic E-state index is 12.7. The molecule has 0 atom stereocenters. The molecule has 5 nitrogen and oxygen atoms in total. The van der Waals surface area contributed by atoms with Crippen molar-refractivity contribution in [3.05, 3.63) is 34.4 Å². The number of nitrogen functional groups attached to an aromatic ring is 1. The number of nitrogens with two attached hydrogens (primary N) is 1. The van der Waals surface area contributed by atoms with Gasteiger partial charge in [-0.15, -0.1) is 11.3 Å². The molecule has 0 aromatic carbocycles. The van der Waals surface area contributed by atoms with Crippen LogP contribution in [0.1, 0.15) is 4.88 Å². The van der Waals surface area contributed by atoms with Crippen LogP contribution in [0, 0.1) is 0 Å². The second-order valence-corrected chi connectivity index (χ2v) is 5.91. The standard InChI is InChI=1S/C12H9ClF3N5S/c1-20-5-4-8(18-20)21-11(17)9(10(13)19-21)6-2-3-7(22-6)12(14,15)16/h2-5H,17H2,1H3. The predicted octanol–water partition coefficient (Wildman–Crippen LogP) is 3.59. The van der Waals surface area contributed by atoms with Gasteiger partial charge in [0.25, 0.3) is 0 Å². The Hall–Kier alpha value is -2.00. The SMILES string of the molecule is Cn1ccc(-n2nc(Cl)c(-c3ccc(C(F)(F)F)s3)c2N)n1. The third-order valence-electron chi connectivity index (χ3n) is 2.93. The van der Waals surface area contributed by atoms with E-state index in [0.29, 0.717) is 22.0 Å². The molecule has 0 spiro atoms. The zero-order valence-electron chi connectivity index (χ0n) is 11.1. The van der Waals surface area contributed by atoms with Gasteiger partial charge in [-0.3, -0.25) is 4.68 Å². The number of anilines is 1. The molecule has 3 heterocycles. The van der Waals surface area contributed by atoms with E-state index < -0.39 is 11.1 Å². The summed E-state index contributed by atoms with van der Waals surface area (Å²) in [5.41, 5.74) is 6.26. The van der Waals surface area contributed by atoms with Crippen LogP contribution in [0.5, 0.6) is 0 Å². The topological polar surface area (TPSA) is 61.7 Å². The number of rotatable bonds is 2. The highest BCUT2D eigenvalue weighted by Crippen LogP contribution is 2.42. The average molecular weight is 348 g/mol. The highest BCUT2D eigenvalue weighted by atomic mass is 35.5. The van der Waals surface area contributed by atoms with Crippen LogP contribution in [0.25, 0.3) is 16.3 Å². The second kappa shape index (κ2) is 5.03. The Kier molecular flexibility index (Phi) is 3.41. The zero-order chi connectivity index (χ0) is 16.1. The first-order chi connectivity index (χ1) is 10.3. The first kappa shape index (κ1) is 14.9. The molecular weight excluding hydrogens is 339 g/mol. The summed E-state index contributed by atoms with van der Waals surface area (Å²) < 4.78 is 41.0.